The highest BCUT2D eigenvalue weighted by atomic mass is 35.5. The topological polar surface area (TPSA) is 65.6 Å². The Bertz CT molecular complexity index is 1070. The zero-order chi connectivity index (χ0) is 18.6. The third-order valence-corrected chi connectivity index (χ3v) is 4.95. The quantitative estimate of drug-likeness (QED) is 0.425. The molecule has 0 aliphatic carbocycles. The maximum Gasteiger partial charge on any atom is 0.229 e. The molecule has 136 valence electrons. The Kier molecular flexibility index (Phi) is 4.94. The number of hydrogen-bond acceptors (Lipinski definition) is 4. The van der Waals surface area contributed by atoms with E-state index in [1.165, 1.54) is 10.9 Å². The molecule has 0 spiro atoms. The van der Waals surface area contributed by atoms with Gasteiger partial charge >= 0.3 is 0 Å². The summed E-state index contributed by atoms with van der Waals surface area (Å²) in [5.74, 6) is 1.32. The molecule has 0 saturated heterocycles. The van der Waals surface area contributed by atoms with Crippen molar-refractivity contribution in [2.45, 2.75) is 13.3 Å². The lowest BCUT2D eigenvalue weighted by Gasteiger charge is -2.11. The van der Waals surface area contributed by atoms with Crippen LogP contribution in [0, 0.1) is 6.92 Å². The van der Waals surface area contributed by atoms with E-state index < -0.39 is 0 Å². The average Bonchev–Trinajstić information content (AvgIpc) is 3.09. The van der Waals surface area contributed by atoms with Crippen molar-refractivity contribution >= 4 is 40.0 Å². The van der Waals surface area contributed by atoms with Gasteiger partial charge < -0.3 is 15.6 Å². The fourth-order valence-electron chi connectivity index (χ4n) is 3.04. The minimum Gasteiger partial charge on any atom is -0.370 e. The van der Waals surface area contributed by atoms with E-state index in [4.69, 9.17) is 11.6 Å². The van der Waals surface area contributed by atoms with Gasteiger partial charge in [0.1, 0.15) is 5.82 Å². The molecule has 4 rings (SSSR count). The van der Waals surface area contributed by atoms with Crippen molar-refractivity contribution in [2.75, 3.05) is 17.2 Å². The number of hydrogen-bond donors (Lipinski definition) is 3. The number of benzene rings is 2. The molecule has 0 bridgehead atoms. The number of halogens is 1. The molecule has 0 unspecified atom stereocenters. The van der Waals surface area contributed by atoms with Gasteiger partial charge in [0.05, 0.1) is 0 Å². The molecule has 6 heteroatoms. The summed E-state index contributed by atoms with van der Waals surface area (Å²) >= 11 is 6.17. The molecular formula is C21H20ClN5. The van der Waals surface area contributed by atoms with Gasteiger partial charge in [0, 0.05) is 40.6 Å². The first-order valence-electron chi connectivity index (χ1n) is 8.85. The number of H-pyrrole nitrogens is 1. The van der Waals surface area contributed by atoms with Gasteiger partial charge in [0.15, 0.2) is 0 Å². The van der Waals surface area contributed by atoms with Crippen LogP contribution in [0.25, 0.3) is 10.9 Å². The predicted molar refractivity (Wildman–Crippen MR) is 112 cm³/mol. The van der Waals surface area contributed by atoms with E-state index >= 15 is 0 Å². The van der Waals surface area contributed by atoms with Gasteiger partial charge in [-0.3, -0.25) is 0 Å². The molecule has 2 heterocycles. The highest BCUT2D eigenvalue weighted by molar-refractivity contribution is 6.31. The van der Waals surface area contributed by atoms with Gasteiger partial charge in [0.25, 0.3) is 0 Å². The van der Waals surface area contributed by atoms with E-state index in [1.54, 1.807) is 6.20 Å². The molecule has 2 aromatic heterocycles. The first-order valence-corrected chi connectivity index (χ1v) is 9.22. The fraction of sp³-hybridized carbons (Fsp3) is 0.143. The van der Waals surface area contributed by atoms with Crippen LogP contribution < -0.4 is 10.6 Å². The number of anilines is 3. The summed E-state index contributed by atoms with van der Waals surface area (Å²) in [7, 11) is 0. The SMILES string of the molecule is Cc1c(Cl)cccc1Nc1nccc(NCCc2c[nH]c3ccccc23)n1. The maximum atomic E-state index is 6.17. The molecule has 0 fully saturated rings. The average molecular weight is 378 g/mol. The third-order valence-electron chi connectivity index (χ3n) is 4.55. The van der Waals surface area contributed by atoms with Crippen LogP contribution in [0.1, 0.15) is 11.1 Å². The first-order chi connectivity index (χ1) is 13.2. The number of rotatable bonds is 6. The Morgan fingerprint density at radius 1 is 1.07 bits per heavy atom. The summed E-state index contributed by atoms with van der Waals surface area (Å²) in [4.78, 5) is 12.1. The molecule has 0 aliphatic heterocycles. The van der Waals surface area contributed by atoms with Crippen LogP contribution >= 0.6 is 11.6 Å². The monoisotopic (exact) mass is 377 g/mol. The van der Waals surface area contributed by atoms with Gasteiger partial charge in [0.2, 0.25) is 5.95 Å². The summed E-state index contributed by atoms with van der Waals surface area (Å²) in [6.45, 7) is 2.75. The van der Waals surface area contributed by atoms with Crippen LogP contribution in [0.3, 0.4) is 0 Å². The molecule has 0 atom stereocenters. The number of nitrogens with zero attached hydrogens (tertiary/aromatic N) is 2. The fourth-order valence-corrected chi connectivity index (χ4v) is 3.22. The second-order valence-corrected chi connectivity index (χ2v) is 6.75. The van der Waals surface area contributed by atoms with Gasteiger partial charge in [-0.15, -0.1) is 0 Å². The van der Waals surface area contributed by atoms with Crippen LogP contribution in [0.2, 0.25) is 5.02 Å². The van der Waals surface area contributed by atoms with Crippen LogP contribution in [0.4, 0.5) is 17.5 Å². The Hall–Kier alpha value is -3.05. The second kappa shape index (κ2) is 7.68. The summed E-state index contributed by atoms with van der Waals surface area (Å²) in [6.07, 6.45) is 4.72. The standard InChI is InChI=1S/C21H20ClN5/c1-14-17(22)6-4-8-18(14)26-21-24-12-10-20(27-21)23-11-9-15-13-25-19-7-3-2-5-16(15)19/h2-8,10,12-13,25H,9,11H2,1H3,(H2,23,24,26,27). The number of para-hydroxylation sites is 1. The van der Waals surface area contributed by atoms with E-state index in [0.29, 0.717) is 11.0 Å². The predicted octanol–water partition coefficient (Wildman–Crippen LogP) is 5.32. The minimum absolute atomic E-state index is 0.539. The summed E-state index contributed by atoms with van der Waals surface area (Å²) in [5, 5.41) is 8.58. The molecule has 0 saturated carbocycles. The number of aromatic nitrogens is 3. The van der Waals surface area contributed by atoms with Crippen molar-refractivity contribution in [3.63, 3.8) is 0 Å². The van der Waals surface area contributed by atoms with Crippen LogP contribution in [0.15, 0.2) is 60.9 Å². The van der Waals surface area contributed by atoms with Crippen molar-refractivity contribution in [3.8, 4) is 0 Å². The van der Waals surface area contributed by atoms with Crippen molar-refractivity contribution in [1.29, 1.82) is 0 Å². The van der Waals surface area contributed by atoms with E-state index in [2.05, 4.69) is 50.0 Å². The number of aromatic amines is 1. The van der Waals surface area contributed by atoms with E-state index in [9.17, 15) is 0 Å². The molecule has 0 amide bonds. The zero-order valence-electron chi connectivity index (χ0n) is 15.0. The van der Waals surface area contributed by atoms with Crippen LogP contribution in [0.5, 0.6) is 0 Å². The van der Waals surface area contributed by atoms with Crippen LogP contribution in [-0.4, -0.2) is 21.5 Å². The molecule has 0 radical (unpaired) electrons. The Labute approximate surface area is 162 Å². The number of nitrogens with one attached hydrogen (secondary N) is 3. The third kappa shape index (κ3) is 3.88. The molecule has 0 aliphatic rings. The summed E-state index contributed by atoms with van der Waals surface area (Å²) < 4.78 is 0. The minimum atomic E-state index is 0.539. The molecule has 27 heavy (non-hydrogen) atoms. The van der Waals surface area contributed by atoms with Crippen molar-refractivity contribution in [1.82, 2.24) is 15.0 Å². The van der Waals surface area contributed by atoms with Crippen molar-refractivity contribution in [3.05, 3.63) is 77.1 Å². The highest BCUT2D eigenvalue weighted by Crippen LogP contribution is 2.25. The zero-order valence-corrected chi connectivity index (χ0v) is 15.7. The lowest BCUT2D eigenvalue weighted by atomic mass is 10.1. The molecule has 5 nitrogen and oxygen atoms in total. The highest BCUT2D eigenvalue weighted by Gasteiger charge is 2.06. The summed E-state index contributed by atoms with van der Waals surface area (Å²) in [5.41, 5.74) is 4.33. The number of fused-ring (bicyclic) bond motifs is 1. The molecule has 4 aromatic rings. The lowest BCUT2D eigenvalue weighted by molar-refractivity contribution is 1.01. The van der Waals surface area contributed by atoms with Gasteiger partial charge in [-0.1, -0.05) is 35.9 Å². The molecule has 3 N–H and O–H groups in total. The van der Waals surface area contributed by atoms with Crippen LogP contribution in [-0.2, 0) is 6.42 Å². The Balaban J connectivity index is 1.41. The van der Waals surface area contributed by atoms with Gasteiger partial charge in [-0.25, -0.2) is 4.98 Å². The van der Waals surface area contributed by atoms with Crippen molar-refractivity contribution in [2.24, 2.45) is 0 Å². The summed E-state index contributed by atoms with van der Waals surface area (Å²) in [6, 6.07) is 15.9. The smallest absolute Gasteiger partial charge is 0.229 e. The Morgan fingerprint density at radius 3 is 2.89 bits per heavy atom. The Morgan fingerprint density at radius 2 is 1.96 bits per heavy atom. The second-order valence-electron chi connectivity index (χ2n) is 6.34. The van der Waals surface area contributed by atoms with E-state index in [0.717, 1.165) is 35.6 Å². The van der Waals surface area contributed by atoms with Crippen molar-refractivity contribution < 1.29 is 0 Å². The van der Waals surface area contributed by atoms with E-state index in [1.807, 2.05) is 37.3 Å². The van der Waals surface area contributed by atoms with E-state index in [-0.39, 0.29) is 0 Å². The normalized spacial score (nSPS) is 10.9. The molecule has 2 aromatic carbocycles. The van der Waals surface area contributed by atoms with Gasteiger partial charge in [-0.2, -0.15) is 4.98 Å². The molecular weight excluding hydrogens is 358 g/mol. The largest absolute Gasteiger partial charge is 0.370 e. The lowest BCUT2D eigenvalue weighted by Crippen LogP contribution is -2.08. The van der Waals surface area contributed by atoms with Gasteiger partial charge in [-0.05, 0) is 48.7 Å². The maximum absolute atomic E-state index is 6.17. The first kappa shape index (κ1) is 17.4.